The normalized spacial score (nSPS) is 11.0. The van der Waals surface area contributed by atoms with E-state index in [1.54, 1.807) is 31.5 Å². The zero-order valence-electron chi connectivity index (χ0n) is 18.1. The molecule has 0 aliphatic heterocycles. The maximum absolute atomic E-state index is 13.7. The van der Waals surface area contributed by atoms with E-state index < -0.39 is 5.91 Å². The molecule has 4 aromatic rings. The molecule has 4 rings (SSSR count). The van der Waals surface area contributed by atoms with E-state index in [1.807, 2.05) is 42.5 Å². The smallest absolute Gasteiger partial charge is 0.284 e. The number of ether oxygens (including phenoxy) is 3. The van der Waals surface area contributed by atoms with Crippen molar-refractivity contribution in [1.29, 1.82) is 0 Å². The van der Waals surface area contributed by atoms with Crippen molar-refractivity contribution in [3.8, 4) is 17.2 Å². The third-order valence-electron chi connectivity index (χ3n) is 4.78. The van der Waals surface area contributed by atoms with Crippen LogP contribution in [0.4, 0.5) is 5.13 Å². The van der Waals surface area contributed by atoms with Gasteiger partial charge >= 0.3 is 0 Å². The predicted molar refractivity (Wildman–Crippen MR) is 134 cm³/mol. The van der Waals surface area contributed by atoms with E-state index in [2.05, 4.69) is 26.0 Å². The summed E-state index contributed by atoms with van der Waals surface area (Å²) < 4.78 is 18.0. The highest BCUT2D eigenvalue weighted by Gasteiger charge is 2.25. The molecule has 168 valence electrons. The molecule has 0 bridgehead atoms. The van der Waals surface area contributed by atoms with Gasteiger partial charge < -0.3 is 14.2 Å². The first-order valence-electron chi connectivity index (χ1n) is 9.83. The van der Waals surface area contributed by atoms with Crippen molar-refractivity contribution < 1.29 is 19.0 Å². The molecule has 0 radical (unpaired) electrons. The zero-order chi connectivity index (χ0) is 23.4. The van der Waals surface area contributed by atoms with Crippen LogP contribution in [0.25, 0.3) is 10.2 Å². The molecule has 1 amide bonds. The summed E-state index contributed by atoms with van der Waals surface area (Å²) in [4.78, 5) is 18.3. The van der Waals surface area contributed by atoms with Gasteiger partial charge in [0.05, 0.1) is 43.3 Å². The fourth-order valence-corrected chi connectivity index (χ4v) is 4.36. The van der Waals surface area contributed by atoms with Crippen molar-refractivity contribution in [3.63, 3.8) is 0 Å². The van der Waals surface area contributed by atoms with Crippen molar-refractivity contribution in [1.82, 2.24) is 4.98 Å². The van der Waals surface area contributed by atoms with Crippen molar-refractivity contribution in [3.05, 3.63) is 76.3 Å². The molecule has 1 heterocycles. The van der Waals surface area contributed by atoms with E-state index in [4.69, 9.17) is 14.2 Å². The van der Waals surface area contributed by atoms with Crippen molar-refractivity contribution in [2.45, 2.75) is 0 Å². The van der Waals surface area contributed by atoms with E-state index in [0.29, 0.717) is 27.9 Å². The summed E-state index contributed by atoms with van der Waals surface area (Å²) in [6.07, 6.45) is 1.61. The van der Waals surface area contributed by atoms with Gasteiger partial charge in [0.2, 0.25) is 5.13 Å². The monoisotopic (exact) mass is 525 g/mol. The average Bonchev–Trinajstić information content (AvgIpc) is 3.27. The first kappa shape index (κ1) is 22.8. The lowest BCUT2D eigenvalue weighted by molar-refractivity contribution is 0.0984. The van der Waals surface area contributed by atoms with Gasteiger partial charge in [-0.05, 0) is 48.0 Å². The van der Waals surface area contributed by atoms with E-state index in [9.17, 15) is 4.79 Å². The van der Waals surface area contributed by atoms with Gasteiger partial charge in [-0.15, -0.1) is 0 Å². The van der Waals surface area contributed by atoms with Gasteiger partial charge in [-0.1, -0.05) is 45.5 Å². The van der Waals surface area contributed by atoms with Crippen LogP contribution in [-0.2, 0) is 0 Å². The molecule has 0 saturated heterocycles. The zero-order valence-corrected chi connectivity index (χ0v) is 20.5. The first-order chi connectivity index (χ1) is 16.0. The highest BCUT2D eigenvalue weighted by molar-refractivity contribution is 9.10. The lowest BCUT2D eigenvalue weighted by Gasteiger charge is -2.17. The Balaban J connectivity index is 1.81. The summed E-state index contributed by atoms with van der Waals surface area (Å²) in [6.45, 7) is 0. The van der Waals surface area contributed by atoms with Gasteiger partial charge in [0.15, 0.2) is 11.5 Å². The molecule has 0 unspecified atom stereocenters. The molecular formula is C24H20BrN3O4S. The summed E-state index contributed by atoms with van der Waals surface area (Å²) in [6, 6.07) is 18.3. The average molecular weight is 526 g/mol. The molecule has 1 aromatic heterocycles. The molecule has 0 aliphatic carbocycles. The lowest BCUT2D eigenvalue weighted by atomic mass is 10.1. The van der Waals surface area contributed by atoms with Crippen molar-refractivity contribution >= 4 is 54.7 Å². The van der Waals surface area contributed by atoms with E-state index in [0.717, 1.165) is 20.3 Å². The number of hydrogen-bond donors (Lipinski definition) is 0. The number of hydrogen-bond acceptors (Lipinski definition) is 7. The van der Waals surface area contributed by atoms with Crippen LogP contribution in [0.5, 0.6) is 17.2 Å². The van der Waals surface area contributed by atoms with Crippen LogP contribution in [0.1, 0.15) is 15.9 Å². The Bertz CT molecular complexity index is 1320. The third kappa shape index (κ3) is 4.84. The van der Waals surface area contributed by atoms with E-state index >= 15 is 0 Å². The van der Waals surface area contributed by atoms with Crippen LogP contribution in [0.3, 0.4) is 0 Å². The second kappa shape index (κ2) is 10.0. The van der Waals surface area contributed by atoms with Gasteiger partial charge in [-0.2, -0.15) is 10.1 Å². The summed E-state index contributed by atoms with van der Waals surface area (Å²) in [5.74, 6) is 1.10. The first-order valence-corrected chi connectivity index (χ1v) is 11.4. The van der Waals surface area contributed by atoms with Crippen LogP contribution in [0.2, 0.25) is 0 Å². The molecule has 0 spiro atoms. The van der Waals surface area contributed by atoms with Crippen LogP contribution in [-0.4, -0.2) is 38.4 Å². The Kier molecular flexibility index (Phi) is 6.90. The second-order valence-electron chi connectivity index (χ2n) is 6.78. The highest BCUT2D eigenvalue weighted by atomic mass is 79.9. The number of anilines is 1. The topological polar surface area (TPSA) is 73.2 Å². The molecule has 7 nitrogen and oxygen atoms in total. The molecule has 0 aliphatic rings. The Labute approximate surface area is 203 Å². The number of aromatic nitrogens is 1. The van der Waals surface area contributed by atoms with Gasteiger partial charge in [0, 0.05) is 4.47 Å². The number of amides is 1. The van der Waals surface area contributed by atoms with Crippen LogP contribution >= 0.6 is 27.3 Å². The number of carbonyl (C=O) groups excluding carboxylic acids is 1. The lowest BCUT2D eigenvalue weighted by Crippen LogP contribution is -2.26. The molecule has 0 fully saturated rings. The predicted octanol–water partition coefficient (Wildman–Crippen LogP) is 5.77. The molecule has 33 heavy (non-hydrogen) atoms. The number of para-hydroxylation sites is 1. The van der Waals surface area contributed by atoms with Gasteiger partial charge in [0.1, 0.15) is 5.75 Å². The maximum Gasteiger partial charge on any atom is 0.284 e. The van der Waals surface area contributed by atoms with Crippen LogP contribution < -0.4 is 19.2 Å². The number of thiazole rings is 1. The Hall–Kier alpha value is -3.43. The van der Waals surface area contributed by atoms with Gasteiger partial charge in [-0.3, -0.25) is 4.79 Å². The minimum Gasteiger partial charge on any atom is -0.497 e. The van der Waals surface area contributed by atoms with Crippen molar-refractivity contribution in [2.75, 3.05) is 26.3 Å². The minimum atomic E-state index is -0.398. The molecular weight excluding hydrogens is 506 g/mol. The van der Waals surface area contributed by atoms with Gasteiger partial charge in [-0.25, -0.2) is 4.98 Å². The van der Waals surface area contributed by atoms with E-state index in [-0.39, 0.29) is 0 Å². The SMILES string of the molecule is COc1ccc2nc(N(/N=C/c3ccc(Br)cc3)C(=O)c3cccc(OC)c3OC)sc2c1. The number of benzene rings is 3. The Morgan fingerprint density at radius 2 is 1.82 bits per heavy atom. The number of methoxy groups -OCH3 is 3. The second-order valence-corrected chi connectivity index (χ2v) is 8.71. The van der Waals surface area contributed by atoms with Crippen LogP contribution in [0.15, 0.2) is 70.2 Å². The summed E-state index contributed by atoms with van der Waals surface area (Å²) in [7, 11) is 4.63. The highest BCUT2D eigenvalue weighted by Crippen LogP contribution is 2.35. The largest absolute Gasteiger partial charge is 0.497 e. The maximum atomic E-state index is 13.7. The number of fused-ring (bicyclic) bond motifs is 1. The van der Waals surface area contributed by atoms with E-state index in [1.165, 1.54) is 30.6 Å². The molecule has 0 saturated carbocycles. The fourth-order valence-electron chi connectivity index (χ4n) is 3.14. The number of hydrazone groups is 1. The van der Waals surface area contributed by atoms with Crippen LogP contribution in [0, 0.1) is 0 Å². The fraction of sp³-hybridized carbons (Fsp3) is 0.125. The minimum absolute atomic E-state index is 0.307. The summed E-state index contributed by atoms with van der Waals surface area (Å²) in [5.41, 5.74) is 1.88. The standard InChI is InChI=1S/C24H20BrN3O4S/c1-30-17-11-12-19-21(13-17)33-24(27-19)28(26-14-15-7-9-16(25)10-8-15)23(29)18-5-4-6-20(31-2)22(18)32-3/h4-14H,1-3H3/b26-14+. The third-order valence-corrected chi connectivity index (χ3v) is 6.31. The number of carbonyl (C=O) groups is 1. The molecule has 0 N–H and O–H groups in total. The Morgan fingerprint density at radius 1 is 1.03 bits per heavy atom. The number of nitrogens with zero attached hydrogens (tertiary/aromatic N) is 3. The Morgan fingerprint density at radius 3 is 2.52 bits per heavy atom. The van der Waals surface area contributed by atoms with Crippen molar-refractivity contribution in [2.24, 2.45) is 5.10 Å². The van der Waals surface area contributed by atoms with Gasteiger partial charge in [0.25, 0.3) is 5.91 Å². The molecule has 9 heteroatoms. The molecule has 0 atom stereocenters. The molecule has 3 aromatic carbocycles. The summed E-state index contributed by atoms with van der Waals surface area (Å²) >= 11 is 4.76. The number of halogens is 1. The quantitative estimate of drug-likeness (QED) is 0.226. The number of rotatable bonds is 7. The summed E-state index contributed by atoms with van der Waals surface area (Å²) in [5, 5.41) is 6.20.